The highest BCUT2D eigenvalue weighted by molar-refractivity contribution is 6.91. The summed E-state index contributed by atoms with van der Waals surface area (Å²) >= 11 is 0. The topological polar surface area (TPSA) is 37.3 Å². The van der Waals surface area contributed by atoms with Gasteiger partial charge in [0.25, 0.3) is 0 Å². The van der Waals surface area contributed by atoms with Gasteiger partial charge in [-0.15, -0.1) is 0 Å². The van der Waals surface area contributed by atoms with Gasteiger partial charge in [0.05, 0.1) is 8.07 Å². The van der Waals surface area contributed by atoms with Gasteiger partial charge >= 0.3 is 5.97 Å². The average Bonchev–Trinajstić information content (AvgIpc) is 2.38. The van der Waals surface area contributed by atoms with E-state index in [1.165, 1.54) is 16.3 Å². The third-order valence-corrected chi connectivity index (χ3v) is 6.45. The molecule has 0 atom stereocenters. The first kappa shape index (κ1) is 13.6. The van der Waals surface area contributed by atoms with Crippen molar-refractivity contribution in [2.24, 2.45) is 0 Å². The van der Waals surface area contributed by atoms with Crippen LogP contribution in [0.15, 0.2) is 54.6 Å². The average molecular weight is 270 g/mol. The van der Waals surface area contributed by atoms with Crippen LogP contribution in [0, 0.1) is 0 Å². The van der Waals surface area contributed by atoms with Crippen molar-refractivity contribution in [1.82, 2.24) is 0 Å². The monoisotopic (exact) mass is 270 g/mol. The van der Waals surface area contributed by atoms with Crippen LogP contribution in [0.1, 0.15) is 0 Å². The Morgan fingerprint density at radius 1 is 0.947 bits per heavy atom. The zero-order chi connectivity index (χ0) is 13.9. The van der Waals surface area contributed by atoms with Gasteiger partial charge in [0, 0.05) is 6.04 Å². The normalized spacial score (nSPS) is 11.3. The van der Waals surface area contributed by atoms with Gasteiger partial charge in [0.15, 0.2) is 0 Å². The molecule has 2 nitrogen and oxygen atoms in total. The van der Waals surface area contributed by atoms with E-state index in [2.05, 4.69) is 49.5 Å². The van der Waals surface area contributed by atoms with Crippen LogP contribution in [0.2, 0.25) is 19.1 Å². The maximum atomic E-state index is 10.9. The van der Waals surface area contributed by atoms with Crippen molar-refractivity contribution in [3.63, 3.8) is 0 Å². The summed E-state index contributed by atoms with van der Waals surface area (Å²) in [6.45, 7) is 4.19. The zero-order valence-corrected chi connectivity index (χ0v) is 12.3. The van der Waals surface area contributed by atoms with E-state index in [-0.39, 0.29) is 6.04 Å². The molecule has 2 aromatic rings. The number of carboxylic acid groups (broad SMARTS) is 1. The van der Waals surface area contributed by atoms with Crippen molar-refractivity contribution >= 4 is 19.2 Å². The molecule has 0 heterocycles. The summed E-state index contributed by atoms with van der Waals surface area (Å²) in [7, 11) is -1.87. The van der Waals surface area contributed by atoms with Crippen molar-refractivity contribution in [3.05, 3.63) is 54.6 Å². The number of hydrogen-bond acceptors (Lipinski definition) is 1. The fourth-order valence-corrected chi connectivity index (χ4v) is 4.25. The lowest BCUT2D eigenvalue weighted by atomic mass is 10.1. The Kier molecular flexibility index (Phi) is 3.86. The number of carboxylic acids is 1. The zero-order valence-electron chi connectivity index (χ0n) is 11.3. The minimum absolute atomic E-state index is 0.275. The Bertz CT molecular complexity index is 559. The minimum Gasteiger partial charge on any atom is -0.481 e. The largest absolute Gasteiger partial charge is 0.481 e. The summed E-state index contributed by atoms with van der Waals surface area (Å²) in [5, 5.41) is 10.2. The quantitative estimate of drug-likeness (QED) is 0.865. The van der Waals surface area contributed by atoms with Crippen LogP contribution in [0.5, 0.6) is 0 Å². The van der Waals surface area contributed by atoms with Crippen molar-refractivity contribution < 1.29 is 9.90 Å². The molecule has 0 spiro atoms. The lowest BCUT2D eigenvalue weighted by molar-refractivity contribution is -0.134. The molecule has 0 saturated heterocycles. The fourth-order valence-electron chi connectivity index (χ4n) is 2.22. The Balaban J connectivity index is 2.26. The smallest absolute Gasteiger partial charge is 0.300 e. The van der Waals surface area contributed by atoms with Gasteiger partial charge in [-0.3, -0.25) is 4.79 Å². The molecule has 1 N–H and O–H groups in total. The number of aliphatic carboxylic acids is 1. The van der Waals surface area contributed by atoms with Crippen molar-refractivity contribution in [1.29, 1.82) is 0 Å². The van der Waals surface area contributed by atoms with E-state index >= 15 is 0 Å². The SMILES string of the molecule is C[Si](C)(CC(=O)O)c1ccc(-c2ccccc2)cc1. The number of carbonyl (C=O) groups is 1. The first-order valence-corrected chi connectivity index (χ1v) is 9.57. The molecule has 0 amide bonds. The van der Waals surface area contributed by atoms with E-state index in [1.807, 2.05) is 18.2 Å². The van der Waals surface area contributed by atoms with Gasteiger partial charge in [0.1, 0.15) is 0 Å². The highest BCUT2D eigenvalue weighted by Crippen LogP contribution is 2.19. The summed E-state index contributed by atoms with van der Waals surface area (Å²) in [6, 6.07) is 18.8. The molecule has 0 unspecified atom stereocenters. The highest BCUT2D eigenvalue weighted by atomic mass is 28.3. The van der Waals surface area contributed by atoms with Crippen LogP contribution in [-0.4, -0.2) is 19.1 Å². The molecular weight excluding hydrogens is 252 g/mol. The molecule has 0 aliphatic rings. The van der Waals surface area contributed by atoms with Crippen LogP contribution in [0.4, 0.5) is 0 Å². The summed E-state index contributed by atoms with van der Waals surface area (Å²) < 4.78 is 0. The van der Waals surface area contributed by atoms with E-state index in [0.29, 0.717) is 0 Å². The predicted molar refractivity (Wildman–Crippen MR) is 81.4 cm³/mol. The van der Waals surface area contributed by atoms with Crippen LogP contribution < -0.4 is 5.19 Å². The minimum atomic E-state index is -1.87. The molecule has 0 saturated carbocycles. The fraction of sp³-hybridized carbons (Fsp3) is 0.188. The molecule has 0 aliphatic heterocycles. The lowest BCUT2D eigenvalue weighted by Crippen LogP contribution is -2.42. The van der Waals surface area contributed by atoms with Crippen LogP contribution in [0.3, 0.4) is 0 Å². The second kappa shape index (κ2) is 5.41. The summed E-state index contributed by atoms with van der Waals surface area (Å²) in [4.78, 5) is 10.9. The molecule has 98 valence electrons. The van der Waals surface area contributed by atoms with Crippen LogP contribution in [-0.2, 0) is 4.79 Å². The van der Waals surface area contributed by atoms with Gasteiger partial charge in [0.2, 0.25) is 0 Å². The summed E-state index contributed by atoms with van der Waals surface area (Å²) in [5.41, 5.74) is 2.36. The van der Waals surface area contributed by atoms with E-state index in [4.69, 9.17) is 5.11 Å². The molecule has 0 fully saturated rings. The molecule has 3 heteroatoms. The van der Waals surface area contributed by atoms with Gasteiger partial charge < -0.3 is 5.11 Å². The Labute approximate surface area is 114 Å². The number of benzene rings is 2. The first-order chi connectivity index (χ1) is 8.99. The van der Waals surface area contributed by atoms with E-state index in [1.54, 1.807) is 0 Å². The van der Waals surface area contributed by atoms with Crippen molar-refractivity contribution in [2.45, 2.75) is 19.1 Å². The Morgan fingerprint density at radius 2 is 1.47 bits per heavy atom. The van der Waals surface area contributed by atoms with Crippen LogP contribution >= 0.6 is 0 Å². The second-order valence-electron chi connectivity index (χ2n) is 5.40. The van der Waals surface area contributed by atoms with Crippen molar-refractivity contribution in [2.75, 3.05) is 0 Å². The third-order valence-electron chi connectivity index (χ3n) is 3.37. The Hall–Kier alpha value is -1.87. The maximum absolute atomic E-state index is 10.9. The molecule has 0 aromatic heterocycles. The molecule has 19 heavy (non-hydrogen) atoms. The maximum Gasteiger partial charge on any atom is 0.300 e. The molecule has 0 radical (unpaired) electrons. The van der Waals surface area contributed by atoms with Crippen molar-refractivity contribution in [3.8, 4) is 11.1 Å². The molecule has 2 rings (SSSR count). The molecular formula is C16H18O2Si. The highest BCUT2D eigenvalue weighted by Gasteiger charge is 2.26. The van der Waals surface area contributed by atoms with Gasteiger partial charge in [-0.25, -0.2) is 0 Å². The van der Waals surface area contributed by atoms with Crippen LogP contribution in [0.25, 0.3) is 11.1 Å². The molecule has 0 bridgehead atoms. The lowest BCUT2D eigenvalue weighted by Gasteiger charge is -2.20. The first-order valence-electron chi connectivity index (χ1n) is 6.37. The Morgan fingerprint density at radius 3 is 2.00 bits per heavy atom. The molecule has 0 aliphatic carbocycles. The third kappa shape index (κ3) is 3.32. The van der Waals surface area contributed by atoms with Gasteiger partial charge in [-0.2, -0.15) is 0 Å². The summed E-state index contributed by atoms with van der Waals surface area (Å²) in [6.07, 6.45) is 0. The standard InChI is InChI=1S/C16H18O2Si/c1-19(2,12-16(17)18)15-10-8-14(9-11-15)13-6-4-3-5-7-13/h3-11H,12H2,1-2H3,(H,17,18). The van der Waals surface area contributed by atoms with Gasteiger partial charge in [-0.05, 0) is 11.1 Å². The molecule has 2 aromatic carbocycles. The van der Waals surface area contributed by atoms with E-state index < -0.39 is 14.0 Å². The summed E-state index contributed by atoms with van der Waals surface area (Å²) in [5.74, 6) is -0.705. The van der Waals surface area contributed by atoms with E-state index in [0.717, 1.165) is 0 Å². The number of rotatable bonds is 4. The second-order valence-corrected chi connectivity index (χ2v) is 10.1. The predicted octanol–water partition coefficient (Wildman–Crippen LogP) is 3.35. The van der Waals surface area contributed by atoms with Gasteiger partial charge in [-0.1, -0.05) is 72.9 Å². The van der Waals surface area contributed by atoms with E-state index in [9.17, 15) is 4.79 Å². The number of hydrogen-bond donors (Lipinski definition) is 1.